The molecule has 32 heavy (non-hydrogen) atoms. The maximum atomic E-state index is 12.9. The monoisotopic (exact) mass is 459 g/mol. The van der Waals surface area contributed by atoms with Gasteiger partial charge in [-0.25, -0.2) is 8.42 Å². The van der Waals surface area contributed by atoms with Gasteiger partial charge in [0.05, 0.1) is 31.7 Å². The van der Waals surface area contributed by atoms with E-state index in [1.54, 1.807) is 12.1 Å². The Morgan fingerprint density at radius 2 is 1.88 bits per heavy atom. The molecule has 0 aliphatic carbocycles. The number of aryl methyl sites for hydroxylation is 1. The van der Waals surface area contributed by atoms with Crippen molar-refractivity contribution in [1.82, 2.24) is 10.2 Å². The van der Waals surface area contributed by atoms with Crippen LogP contribution in [0.5, 0.6) is 5.75 Å². The summed E-state index contributed by atoms with van der Waals surface area (Å²) < 4.78 is 37.1. The lowest BCUT2D eigenvalue weighted by atomic mass is 10.1. The molecule has 0 unspecified atom stereocenters. The molecule has 0 spiro atoms. The lowest BCUT2D eigenvalue weighted by Crippen LogP contribution is -2.50. The first kappa shape index (κ1) is 22.6. The second-order valence-electron chi connectivity index (χ2n) is 8.30. The van der Waals surface area contributed by atoms with E-state index in [-0.39, 0.29) is 12.5 Å². The molecule has 4 rings (SSSR count). The zero-order chi connectivity index (χ0) is 22.7. The highest BCUT2D eigenvalue weighted by Crippen LogP contribution is 2.35. The molecule has 0 saturated carbocycles. The fourth-order valence-corrected chi connectivity index (χ4v) is 4.88. The van der Waals surface area contributed by atoms with E-state index in [1.807, 2.05) is 25.1 Å². The number of sulfonamides is 1. The van der Waals surface area contributed by atoms with Gasteiger partial charge in [0.25, 0.3) is 5.91 Å². The molecule has 8 nitrogen and oxygen atoms in total. The molecule has 0 aromatic heterocycles. The predicted molar refractivity (Wildman–Crippen MR) is 122 cm³/mol. The summed E-state index contributed by atoms with van der Waals surface area (Å²) in [6, 6.07) is 13.4. The number of anilines is 1. The first-order chi connectivity index (χ1) is 15.3. The van der Waals surface area contributed by atoms with Crippen LogP contribution in [0.25, 0.3) is 0 Å². The Morgan fingerprint density at radius 1 is 1.12 bits per heavy atom. The van der Waals surface area contributed by atoms with Gasteiger partial charge in [0.1, 0.15) is 5.75 Å². The third-order valence-electron chi connectivity index (χ3n) is 5.65. The van der Waals surface area contributed by atoms with E-state index in [0.717, 1.165) is 50.2 Å². The molecule has 2 aliphatic heterocycles. The smallest absolute Gasteiger partial charge is 0.263 e. The fraction of sp³-hybridized carbons (Fsp3) is 0.435. The van der Waals surface area contributed by atoms with E-state index in [0.29, 0.717) is 18.0 Å². The number of fused-ring (bicyclic) bond motifs is 1. The van der Waals surface area contributed by atoms with Crippen LogP contribution in [0.3, 0.4) is 0 Å². The van der Waals surface area contributed by atoms with Crippen molar-refractivity contribution in [2.24, 2.45) is 0 Å². The Hall–Kier alpha value is -2.62. The Labute approximate surface area is 189 Å². The van der Waals surface area contributed by atoms with Crippen molar-refractivity contribution in [2.75, 3.05) is 43.4 Å². The van der Waals surface area contributed by atoms with Crippen molar-refractivity contribution in [3.8, 4) is 5.75 Å². The quantitative estimate of drug-likeness (QED) is 0.707. The van der Waals surface area contributed by atoms with Gasteiger partial charge < -0.3 is 14.8 Å². The van der Waals surface area contributed by atoms with E-state index in [9.17, 15) is 13.2 Å². The molecular weight excluding hydrogens is 430 g/mol. The topological polar surface area (TPSA) is 88.2 Å². The van der Waals surface area contributed by atoms with Gasteiger partial charge in [-0.05, 0) is 35.7 Å². The Morgan fingerprint density at radius 3 is 2.62 bits per heavy atom. The number of amides is 1. The number of ether oxygens (including phenoxy) is 2. The number of carbonyl (C=O) groups excluding carboxylic acids is 1. The van der Waals surface area contributed by atoms with Crippen molar-refractivity contribution >= 4 is 21.6 Å². The molecule has 1 atom stereocenters. The average Bonchev–Trinajstić information content (AvgIpc) is 2.77. The minimum Gasteiger partial charge on any atom is -0.476 e. The molecule has 1 amide bonds. The van der Waals surface area contributed by atoms with Crippen molar-refractivity contribution in [3.63, 3.8) is 0 Å². The molecule has 1 fully saturated rings. The molecule has 1 N–H and O–H groups in total. The first-order valence-corrected chi connectivity index (χ1v) is 12.5. The molecule has 172 valence electrons. The standard InChI is InChI=1S/C23H29N3O5S/c1-17-6-7-20-21(12-17)31-22(16-26(20)32(2,28)29)23(27)24-14-18-4-3-5-19(13-18)15-25-8-10-30-11-9-25/h3-7,12-13,22H,8-11,14-16H2,1-2H3,(H,24,27)/t22-/m1/s1. The maximum Gasteiger partial charge on any atom is 0.263 e. The largest absolute Gasteiger partial charge is 0.476 e. The Kier molecular flexibility index (Phi) is 6.68. The number of hydrogen-bond acceptors (Lipinski definition) is 6. The summed E-state index contributed by atoms with van der Waals surface area (Å²) in [4.78, 5) is 15.2. The third kappa shape index (κ3) is 5.40. The van der Waals surface area contributed by atoms with Crippen molar-refractivity contribution in [1.29, 1.82) is 0 Å². The summed E-state index contributed by atoms with van der Waals surface area (Å²) in [5.74, 6) is 0.0544. The molecule has 2 aromatic rings. The molecule has 2 heterocycles. The van der Waals surface area contributed by atoms with Crippen LogP contribution in [0, 0.1) is 6.92 Å². The maximum absolute atomic E-state index is 12.9. The van der Waals surface area contributed by atoms with Gasteiger partial charge >= 0.3 is 0 Å². The minimum absolute atomic E-state index is 0.0577. The van der Waals surface area contributed by atoms with Crippen LogP contribution in [0.15, 0.2) is 42.5 Å². The summed E-state index contributed by atoms with van der Waals surface area (Å²) >= 11 is 0. The zero-order valence-electron chi connectivity index (χ0n) is 18.4. The summed E-state index contributed by atoms with van der Waals surface area (Å²) in [6.45, 7) is 6.36. The zero-order valence-corrected chi connectivity index (χ0v) is 19.2. The van der Waals surface area contributed by atoms with E-state index in [2.05, 4.69) is 22.3 Å². The average molecular weight is 460 g/mol. The van der Waals surface area contributed by atoms with Crippen LogP contribution in [-0.4, -0.2) is 64.4 Å². The fourth-order valence-electron chi connectivity index (χ4n) is 3.97. The van der Waals surface area contributed by atoms with E-state index >= 15 is 0 Å². The number of hydrogen-bond donors (Lipinski definition) is 1. The number of nitrogens with zero attached hydrogens (tertiary/aromatic N) is 2. The van der Waals surface area contributed by atoms with E-state index in [4.69, 9.17) is 9.47 Å². The minimum atomic E-state index is -3.55. The van der Waals surface area contributed by atoms with Gasteiger partial charge in [-0.15, -0.1) is 0 Å². The highest BCUT2D eigenvalue weighted by atomic mass is 32.2. The molecule has 2 aliphatic rings. The Bertz CT molecular complexity index is 1080. The van der Waals surface area contributed by atoms with Crippen LogP contribution >= 0.6 is 0 Å². The predicted octanol–water partition coefficient (Wildman–Crippen LogP) is 1.67. The molecule has 9 heteroatoms. The molecule has 2 aromatic carbocycles. The van der Waals surface area contributed by atoms with E-state index in [1.165, 1.54) is 9.87 Å². The number of rotatable bonds is 6. The number of nitrogens with one attached hydrogen (secondary N) is 1. The van der Waals surface area contributed by atoms with Gasteiger partial charge in [-0.2, -0.15) is 0 Å². The van der Waals surface area contributed by atoms with Crippen LogP contribution in [0.4, 0.5) is 5.69 Å². The molecule has 1 saturated heterocycles. The second-order valence-corrected chi connectivity index (χ2v) is 10.2. The summed E-state index contributed by atoms with van der Waals surface area (Å²) in [6.07, 6.45) is 0.215. The van der Waals surface area contributed by atoms with Crippen molar-refractivity contribution < 1.29 is 22.7 Å². The van der Waals surface area contributed by atoms with Gasteiger partial charge in [0, 0.05) is 26.2 Å². The molecule has 0 radical (unpaired) electrons. The number of benzene rings is 2. The van der Waals surface area contributed by atoms with Gasteiger partial charge in [0.15, 0.2) is 6.10 Å². The highest BCUT2D eigenvalue weighted by molar-refractivity contribution is 7.92. The SMILES string of the molecule is Cc1ccc2c(c1)O[C@@H](C(=O)NCc1cccc(CN3CCOCC3)c1)CN2S(C)(=O)=O. The van der Waals surface area contributed by atoms with Gasteiger partial charge in [0.2, 0.25) is 10.0 Å². The Balaban J connectivity index is 1.41. The second kappa shape index (κ2) is 9.48. The third-order valence-corrected chi connectivity index (χ3v) is 6.79. The number of carbonyl (C=O) groups is 1. The highest BCUT2D eigenvalue weighted by Gasteiger charge is 2.35. The van der Waals surface area contributed by atoms with Crippen molar-refractivity contribution in [3.05, 3.63) is 59.2 Å². The summed E-state index contributed by atoms with van der Waals surface area (Å²) in [5.41, 5.74) is 3.55. The number of morpholine rings is 1. The lowest BCUT2D eigenvalue weighted by molar-refractivity contribution is -0.127. The first-order valence-electron chi connectivity index (χ1n) is 10.7. The van der Waals surface area contributed by atoms with E-state index < -0.39 is 16.1 Å². The van der Waals surface area contributed by atoms with Gasteiger partial charge in [-0.1, -0.05) is 30.3 Å². The summed E-state index contributed by atoms with van der Waals surface area (Å²) in [5, 5.41) is 2.90. The normalized spacial score (nSPS) is 19.2. The van der Waals surface area contributed by atoms with Crippen LogP contribution in [0.2, 0.25) is 0 Å². The molecule has 0 bridgehead atoms. The van der Waals surface area contributed by atoms with Crippen molar-refractivity contribution in [2.45, 2.75) is 26.1 Å². The van der Waals surface area contributed by atoms with Crippen LogP contribution in [0.1, 0.15) is 16.7 Å². The van der Waals surface area contributed by atoms with Gasteiger partial charge in [-0.3, -0.25) is 14.0 Å². The van der Waals surface area contributed by atoms with Crippen LogP contribution in [-0.2, 0) is 32.6 Å². The summed E-state index contributed by atoms with van der Waals surface area (Å²) in [7, 11) is -3.55. The van der Waals surface area contributed by atoms with Crippen LogP contribution < -0.4 is 14.4 Å². The molecular formula is C23H29N3O5S. The lowest BCUT2D eigenvalue weighted by Gasteiger charge is -2.34.